The van der Waals surface area contributed by atoms with Crippen molar-refractivity contribution in [3.8, 4) is 0 Å². The van der Waals surface area contributed by atoms with Crippen LogP contribution in [0.25, 0.3) is 0 Å². The molecule has 1 aromatic rings. The van der Waals surface area contributed by atoms with Crippen LogP contribution in [-0.2, 0) is 9.45 Å². The van der Waals surface area contributed by atoms with Crippen LogP contribution >= 0.6 is 0 Å². The van der Waals surface area contributed by atoms with Crippen molar-refractivity contribution in [2.24, 2.45) is 0 Å². The van der Waals surface area contributed by atoms with Crippen LogP contribution in [0.3, 0.4) is 0 Å². The third kappa shape index (κ3) is 3.51. The first-order valence-corrected chi connectivity index (χ1v) is 7.56. The molecule has 0 bridgehead atoms. The largest absolute Gasteiger partial charge is 0.427 e. The molecule has 1 aromatic carbocycles. The zero-order chi connectivity index (χ0) is 16.5. The smallest absolute Gasteiger partial charge is 0.309 e. The van der Waals surface area contributed by atoms with Crippen LogP contribution in [-0.4, -0.2) is 47.5 Å². The molecule has 2 N–H and O–H groups in total. The molecule has 1 amide bonds. The first-order chi connectivity index (χ1) is 10.1. The summed E-state index contributed by atoms with van der Waals surface area (Å²) in [7, 11) is 0.383. The molecule has 2 rings (SSSR count). The summed E-state index contributed by atoms with van der Waals surface area (Å²) in [5.41, 5.74) is 0.145. The molecule has 1 aliphatic heterocycles. The second-order valence-corrected chi connectivity index (χ2v) is 6.82. The maximum atomic E-state index is 11.8. The second-order valence-electron chi connectivity index (χ2n) is 6.82. The van der Waals surface area contributed by atoms with Crippen LogP contribution in [0.5, 0.6) is 0 Å². The average Bonchev–Trinajstić information content (AvgIpc) is 2.76. The minimum atomic E-state index is -0.939. The number of benzene rings is 1. The summed E-state index contributed by atoms with van der Waals surface area (Å²) in [6, 6.07) is 7.50. The van der Waals surface area contributed by atoms with Crippen molar-refractivity contribution in [3.63, 3.8) is 0 Å². The Morgan fingerprint density at radius 3 is 2.27 bits per heavy atom. The summed E-state index contributed by atoms with van der Waals surface area (Å²) in [6.07, 6.45) is -0.403. The minimum Gasteiger partial charge on any atom is -0.427 e. The molecule has 1 heterocycles. The predicted octanol–water partition coefficient (Wildman–Crippen LogP) is 0.327. The van der Waals surface area contributed by atoms with Gasteiger partial charge in [-0.25, -0.2) is 0 Å². The lowest BCUT2D eigenvalue weighted by atomic mass is 9.82. The van der Waals surface area contributed by atoms with Gasteiger partial charge in [0.1, 0.15) is 6.10 Å². The summed E-state index contributed by atoms with van der Waals surface area (Å²) in [6.45, 7) is 7.69. The van der Waals surface area contributed by atoms with Gasteiger partial charge < -0.3 is 19.8 Å². The molecule has 5 nitrogen and oxygen atoms in total. The number of hydrogen-bond acceptors (Lipinski definition) is 4. The van der Waals surface area contributed by atoms with Gasteiger partial charge in [0.15, 0.2) is 0 Å². The van der Waals surface area contributed by atoms with Crippen molar-refractivity contribution < 1.29 is 19.7 Å². The number of hydrogen-bond donors (Lipinski definition) is 2. The van der Waals surface area contributed by atoms with Gasteiger partial charge in [-0.05, 0) is 39.8 Å². The van der Waals surface area contributed by atoms with Crippen LogP contribution in [0.2, 0.25) is 0 Å². The van der Waals surface area contributed by atoms with E-state index in [1.165, 1.54) is 0 Å². The molecule has 1 atom stereocenters. The lowest BCUT2D eigenvalue weighted by Gasteiger charge is -2.37. The highest BCUT2D eigenvalue weighted by Crippen LogP contribution is 2.24. The van der Waals surface area contributed by atoms with Crippen molar-refractivity contribution in [2.75, 3.05) is 11.4 Å². The fourth-order valence-corrected chi connectivity index (χ4v) is 2.13. The van der Waals surface area contributed by atoms with E-state index in [1.807, 2.05) is 38.1 Å². The quantitative estimate of drug-likeness (QED) is 0.769. The Morgan fingerprint density at radius 1 is 1.23 bits per heavy atom. The Kier molecular flexibility index (Phi) is 4.66. The highest BCUT2D eigenvalue weighted by atomic mass is 16.5. The molecule has 1 fully saturated rings. The van der Waals surface area contributed by atoms with Gasteiger partial charge >= 0.3 is 7.48 Å². The van der Waals surface area contributed by atoms with Crippen molar-refractivity contribution in [1.82, 2.24) is 0 Å². The van der Waals surface area contributed by atoms with Gasteiger partial charge in [0, 0.05) is 18.7 Å². The Hall–Kier alpha value is -1.37. The van der Waals surface area contributed by atoms with Crippen LogP contribution in [0.15, 0.2) is 24.3 Å². The number of nitrogens with zero attached hydrogens (tertiary/aromatic N) is 1. The molecule has 0 aromatic heterocycles. The van der Waals surface area contributed by atoms with Gasteiger partial charge in [0.2, 0.25) is 0 Å². The summed E-state index contributed by atoms with van der Waals surface area (Å²) >= 11 is 0. The SMILES string of the molecule is CC(C)(O)C(C)(C)OBc1ccc(N2CCC(O)C2=O)cc1. The average molecular weight is 305 g/mol. The summed E-state index contributed by atoms with van der Waals surface area (Å²) in [5.74, 6) is -0.243. The molecule has 0 aliphatic carbocycles. The first-order valence-electron chi connectivity index (χ1n) is 7.56. The number of amides is 1. The predicted molar refractivity (Wildman–Crippen MR) is 87.7 cm³/mol. The number of anilines is 1. The Labute approximate surface area is 132 Å². The summed E-state index contributed by atoms with van der Waals surface area (Å²) in [4.78, 5) is 13.4. The van der Waals surface area contributed by atoms with Crippen molar-refractivity contribution in [1.29, 1.82) is 0 Å². The molecule has 1 aliphatic rings. The van der Waals surface area contributed by atoms with E-state index >= 15 is 0 Å². The van der Waals surface area contributed by atoms with Crippen molar-refractivity contribution in [2.45, 2.75) is 51.4 Å². The van der Waals surface area contributed by atoms with E-state index in [-0.39, 0.29) is 5.91 Å². The number of rotatable bonds is 5. The molecule has 120 valence electrons. The zero-order valence-electron chi connectivity index (χ0n) is 13.7. The van der Waals surface area contributed by atoms with E-state index in [9.17, 15) is 15.0 Å². The van der Waals surface area contributed by atoms with Gasteiger partial charge in [-0.3, -0.25) is 4.79 Å². The van der Waals surface area contributed by atoms with Crippen LogP contribution in [0, 0.1) is 0 Å². The van der Waals surface area contributed by atoms with Crippen molar-refractivity contribution in [3.05, 3.63) is 24.3 Å². The summed E-state index contributed by atoms with van der Waals surface area (Å²) in [5, 5.41) is 19.6. The van der Waals surface area contributed by atoms with Gasteiger partial charge in [-0.2, -0.15) is 0 Å². The fourth-order valence-electron chi connectivity index (χ4n) is 2.13. The van der Waals surface area contributed by atoms with Crippen LogP contribution in [0.4, 0.5) is 5.69 Å². The minimum absolute atomic E-state index is 0.243. The van der Waals surface area contributed by atoms with Gasteiger partial charge in [0.05, 0.1) is 11.2 Å². The molecule has 1 unspecified atom stereocenters. The first kappa shape index (κ1) is 17.0. The zero-order valence-corrected chi connectivity index (χ0v) is 13.7. The normalized spacial score (nSPS) is 19.6. The number of carbonyl (C=O) groups is 1. The Bertz CT molecular complexity index is 536. The second kappa shape index (κ2) is 6.03. The molecule has 0 saturated carbocycles. The number of aliphatic hydroxyl groups is 2. The van der Waals surface area contributed by atoms with E-state index in [0.29, 0.717) is 20.4 Å². The highest BCUT2D eigenvalue weighted by Gasteiger charge is 2.35. The topological polar surface area (TPSA) is 70.0 Å². The van der Waals surface area contributed by atoms with E-state index in [4.69, 9.17) is 4.65 Å². The van der Waals surface area contributed by atoms with Gasteiger partial charge in [-0.1, -0.05) is 17.6 Å². The number of aliphatic hydroxyl groups excluding tert-OH is 1. The summed E-state index contributed by atoms with van der Waals surface area (Å²) < 4.78 is 5.81. The molecule has 0 radical (unpaired) electrons. The maximum absolute atomic E-state index is 11.8. The van der Waals surface area contributed by atoms with Gasteiger partial charge in [-0.15, -0.1) is 0 Å². The molecule has 1 saturated heterocycles. The molecular weight excluding hydrogens is 281 g/mol. The fraction of sp³-hybridized carbons (Fsp3) is 0.562. The monoisotopic (exact) mass is 305 g/mol. The van der Waals surface area contributed by atoms with E-state index < -0.39 is 17.3 Å². The third-order valence-corrected chi connectivity index (χ3v) is 4.50. The number of carbonyl (C=O) groups excluding carboxylic acids is 1. The van der Waals surface area contributed by atoms with Crippen LogP contribution < -0.4 is 10.4 Å². The van der Waals surface area contributed by atoms with Gasteiger partial charge in [0.25, 0.3) is 5.91 Å². The van der Waals surface area contributed by atoms with E-state index in [2.05, 4.69) is 0 Å². The lowest BCUT2D eigenvalue weighted by Crippen LogP contribution is -2.49. The standard InChI is InChI=1S/C16H24BNO4/c1-15(2,21)16(3,4)22-17-11-5-7-12(8-6-11)18-10-9-13(19)14(18)20/h5-8,13,17,19,21H,9-10H2,1-4H3. The van der Waals surface area contributed by atoms with Crippen molar-refractivity contribution >= 4 is 24.5 Å². The molecular formula is C16H24BNO4. The highest BCUT2D eigenvalue weighted by molar-refractivity contribution is 6.47. The third-order valence-electron chi connectivity index (χ3n) is 4.50. The maximum Gasteiger partial charge on any atom is 0.309 e. The van der Waals surface area contributed by atoms with E-state index in [0.717, 1.165) is 11.2 Å². The molecule has 22 heavy (non-hydrogen) atoms. The van der Waals surface area contributed by atoms with E-state index in [1.54, 1.807) is 18.7 Å². The Morgan fingerprint density at radius 2 is 1.82 bits per heavy atom. The molecule has 0 spiro atoms. The Balaban J connectivity index is 2.00. The molecule has 6 heteroatoms. The lowest BCUT2D eigenvalue weighted by molar-refractivity contribution is -0.123. The van der Waals surface area contributed by atoms with Crippen LogP contribution in [0.1, 0.15) is 34.1 Å².